The summed E-state index contributed by atoms with van der Waals surface area (Å²) in [4.78, 5) is 42.6. The van der Waals surface area contributed by atoms with Gasteiger partial charge in [0, 0.05) is 12.8 Å². The average Bonchev–Trinajstić information content (AvgIpc) is 3.05. The Hall–Kier alpha value is -2.51. The average molecular weight is 693 g/mol. The summed E-state index contributed by atoms with van der Waals surface area (Å²) in [6.45, 7) is 3.47. The molecule has 2 N–H and O–H groups in total. The molecule has 0 aliphatic rings. The van der Waals surface area contributed by atoms with Gasteiger partial charge in [-0.1, -0.05) is 151 Å². The fourth-order valence-electron chi connectivity index (χ4n) is 4.57. The molecular weight excluding hydrogens is 627 g/mol. The van der Waals surface area contributed by atoms with Gasteiger partial charge in [0.2, 0.25) is 0 Å². The minimum atomic E-state index is -4.77. The number of phosphoric acid groups is 1. The van der Waals surface area contributed by atoms with E-state index in [1.165, 1.54) is 51.4 Å². The van der Waals surface area contributed by atoms with E-state index in [1.807, 2.05) is 12.2 Å². The van der Waals surface area contributed by atoms with E-state index in [4.69, 9.17) is 19.3 Å². The summed E-state index contributed by atoms with van der Waals surface area (Å²) in [5, 5.41) is 0. The van der Waals surface area contributed by atoms with Gasteiger partial charge >= 0.3 is 19.8 Å². The zero-order valence-corrected chi connectivity index (χ0v) is 30.7. The van der Waals surface area contributed by atoms with E-state index in [1.54, 1.807) is 0 Å². The molecule has 0 saturated carbocycles. The molecule has 0 bridgehead atoms. The molecule has 9 heteroatoms. The maximum atomic E-state index is 12.3. The van der Waals surface area contributed by atoms with Crippen molar-refractivity contribution >= 4 is 19.8 Å². The van der Waals surface area contributed by atoms with Gasteiger partial charge in [0.25, 0.3) is 0 Å². The fourth-order valence-corrected chi connectivity index (χ4v) is 4.93. The van der Waals surface area contributed by atoms with Crippen molar-refractivity contribution in [3.8, 4) is 0 Å². The van der Waals surface area contributed by atoms with Crippen molar-refractivity contribution in [1.82, 2.24) is 0 Å². The van der Waals surface area contributed by atoms with Gasteiger partial charge in [-0.25, -0.2) is 4.57 Å². The number of carbonyl (C=O) groups is 2. The molecule has 274 valence electrons. The largest absolute Gasteiger partial charge is 0.469 e. The highest BCUT2D eigenvalue weighted by Crippen LogP contribution is 2.35. The molecule has 0 aliphatic heterocycles. The van der Waals surface area contributed by atoms with Crippen LogP contribution in [0.5, 0.6) is 0 Å². The molecule has 0 saturated heterocycles. The van der Waals surface area contributed by atoms with E-state index < -0.39 is 32.5 Å². The van der Waals surface area contributed by atoms with Crippen molar-refractivity contribution in [3.05, 3.63) is 72.9 Å². The summed E-state index contributed by atoms with van der Waals surface area (Å²) >= 11 is 0. The zero-order valence-electron chi connectivity index (χ0n) is 29.9. The number of unbranched alkanes of at least 4 members (excludes halogenated alkanes) is 10. The summed E-state index contributed by atoms with van der Waals surface area (Å²) in [6, 6.07) is 0. The van der Waals surface area contributed by atoms with E-state index >= 15 is 0 Å². The van der Waals surface area contributed by atoms with E-state index in [2.05, 4.69) is 79.1 Å². The lowest BCUT2D eigenvalue weighted by Crippen LogP contribution is -2.29. The molecule has 48 heavy (non-hydrogen) atoms. The Labute approximate surface area is 291 Å². The number of carbonyl (C=O) groups excluding carboxylic acids is 2. The lowest BCUT2D eigenvalue weighted by atomic mass is 10.1. The van der Waals surface area contributed by atoms with Crippen LogP contribution in [0.15, 0.2) is 72.9 Å². The van der Waals surface area contributed by atoms with Gasteiger partial charge in [0.05, 0.1) is 6.61 Å². The standard InChI is InChI=1S/C39H65O8P/c1-3-5-7-9-11-13-15-16-17-18-19-20-21-22-24-26-28-30-32-34-39(41)47-37(36-46-48(42,43)44)35-45-38(40)33-31-29-27-25-23-14-12-10-8-6-4-2/h5,7,11,13,16-17,19-20,22,24,28,30,37H,3-4,6,8-10,12,14-15,18,21,23,25-27,29,31-36H2,1-2H3,(H2,42,43,44)/b7-5-,13-11-,17-16-,20-19-,24-22-,30-28-. The molecule has 8 nitrogen and oxygen atoms in total. The third-order valence-electron chi connectivity index (χ3n) is 7.25. The van der Waals surface area contributed by atoms with Gasteiger partial charge in [-0.3, -0.25) is 14.1 Å². The molecule has 0 aromatic rings. The first-order valence-corrected chi connectivity index (χ1v) is 19.8. The normalized spacial score (nSPS) is 13.3. The van der Waals surface area contributed by atoms with Crippen molar-refractivity contribution in [3.63, 3.8) is 0 Å². The maximum absolute atomic E-state index is 12.3. The van der Waals surface area contributed by atoms with Crippen molar-refractivity contribution in [2.45, 2.75) is 148 Å². The van der Waals surface area contributed by atoms with Crippen LogP contribution in [-0.4, -0.2) is 41.0 Å². The fraction of sp³-hybridized carbons (Fsp3) is 0.641. The minimum absolute atomic E-state index is 0.0846. The second-order valence-electron chi connectivity index (χ2n) is 11.8. The summed E-state index contributed by atoms with van der Waals surface area (Å²) in [6.07, 6.45) is 43.5. The van der Waals surface area contributed by atoms with Crippen LogP contribution in [-0.2, 0) is 28.2 Å². The molecule has 0 amide bonds. The number of phosphoric ester groups is 1. The van der Waals surface area contributed by atoms with Crippen molar-refractivity contribution in [2.24, 2.45) is 0 Å². The molecule has 0 radical (unpaired) electrons. The predicted octanol–water partition coefficient (Wildman–Crippen LogP) is 10.7. The lowest BCUT2D eigenvalue weighted by Gasteiger charge is -2.18. The molecule has 1 atom stereocenters. The second-order valence-corrected chi connectivity index (χ2v) is 13.1. The molecule has 0 spiro atoms. The van der Waals surface area contributed by atoms with E-state index in [0.717, 1.165) is 51.4 Å². The van der Waals surface area contributed by atoms with Gasteiger partial charge in [0.15, 0.2) is 6.10 Å². The van der Waals surface area contributed by atoms with Gasteiger partial charge < -0.3 is 19.3 Å². The first-order valence-electron chi connectivity index (χ1n) is 18.2. The highest BCUT2D eigenvalue weighted by Gasteiger charge is 2.22. The number of hydrogen-bond donors (Lipinski definition) is 2. The topological polar surface area (TPSA) is 119 Å². The van der Waals surface area contributed by atoms with Crippen molar-refractivity contribution in [1.29, 1.82) is 0 Å². The predicted molar refractivity (Wildman–Crippen MR) is 197 cm³/mol. The lowest BCUT2D eigenvalue weighted by molar-refractivity contribution is -0.161. The molecule has 1 unspecified atom stereocenters. The maximum Gasteiger partial charge on any atom is 0.469 e. The van der Waals surface area contributed by atoms with Gasteiger partial charge in [-0.15, -0.1) is 0 Å². The van der Waals surface area contributed by atoms with Crippen LogP contribution in [0, 0.1) is 0 Å². The highest BCUT2D eigenvalue weighted by molar-refractivity contribution is 7.46. The van der Waals surface area contributed by atoms with Crippen LogP contribution in [0.4, 0.5) is 0 Å². The van der Waals surface area contributed by atoms with Gasteiger partial charge in [-0.2, -0.15) is 0 Å². The number of rotatable bonds is 32. The summed E-state index contributed by atoms with van der Waals surface area (Å²) < 4.78 is 26.2. The summed E-state index contributed by atoms with van der Waals surface area (Å²) in [5.74, 6) is -0.989. The minimum Gasteiger partial charge on any atom is -0.462 e. The Morgan fingerprint density at radius 2 is 1.00 bits per heavy atom. The Kier molecular flexibility index (Phi) is 32.6. The molecule has 0 rings (SSSR count). The monoisotopic (exact) mass is 692 g/mol. The third-order valence-corrected chi connectivity index (χ3v) is 7.74. The van der Waals surface area contributed by atoms with Crippen LogP contribution in [0.25, 0.3) is 0 Å². The smallest absolute Gasteiger partial charge is 0.462 e. The first-order chi connectivity index (χ1) is 23.3. The highest BCUT2D eigenvalue weighted by atomic mass is 31.2. The Bertz CT molecular complexity index is 1010. The molecule has 0 aromatic carbocycles. The number of esters is 2. The van der Waals surface area contributed by atoms with E-state index in [-0.39, 0.29) is 19.4 Å². The molecule has 0 heterocycles. The first kappa shape index (κ1) is 45.5. The number of allylic oxidation sites excluding steroid dienone is 12. The summed E-state index contributed by atoms with van der Waals surface area (Å²) in [7, 11) is -4.77. The van der Waals surface area contributed by atoms with Gasteiger partial charge in [-0.05, 0) is 51.4 Å². The third kappa shape index (κ3) is 36.3. The van der Waals surface area contributed by atoms with Crippen LogP contribution >= 0.6 is 7.82 Å². The molecule has 0 aromatic heterocycles. The Morgan fingerprint density at radius 1 is 0.562 bits per heavy atom. The van der Waals surface area contributed by atoms with Crippen LogP contribution in [0.3, 0.4) is 0 Å². The zero-order chi connectivity index (χ0) is 35.4. The molecule has 0 aliphatic carbocycles. The quantitative estimate of drug-likeness (QED) is 0.0309. The SMILES string of the molecule is CC/C=C\C/C=C\C/C=C\C/C=C\C/C=C\C/C=C\CCC(=O)OC(COC(=O)CCCCCCCCCCCCC)COP(=O)(O)O. The van der Waals surface area contributed by atoms with Crippen molar-refractivity contribution < 1.29 is 37.9 Å². The van der Waals surface area contributed by atoms with Crippen LogP contribution < -0.4 is 0 Å². The van der Waals surface area contributed by atoms with E-state index in [9.17, 15) is 14.2 Å². The number of ether oxygens (including phenoxy) is 2. The second kappa shape index (κ2) is 34.4. The van der Waals surface area contributed by atoms with Crippen LogP contribution in [0.2, 0.25) is 0 Å². The summed E-state index contributed by atoms with van der Waals surface area (Å²) in [5.41, 5.74) is 0. The van der Waals surface area contributed by atoms with E-state index in [0.29, 0.717) is 12.8 Å². The number of hydrogen-bond acceptors (Lipinski definition) is 6. The molecule has 0 fully saturated rings. The van der Waals surface area contributed by atoms with Crippen molar-refractivity contribution in [2.75, 3.05) is 13.2 Å². The Morgan fingerprint density at radius 3 is 1.46 bits per heavy atom. The van der Waals surface area contributed by atoms with Crippen LogP contribution in [0.1, 0.15) is 142 Å². The Balaban J connectivity index is 4.14. The molecular formula is C39H65O8P. The van der Waals surface area contributed by atoms with Gasteiger partial charge in [0.1, 0.15) is 6.61 Å².